The van der Waals surface area contributed by atoms with Crippen LogP contribution in [0.1, 0.15) is 16.8 Å². The van der Waals surface area contributed by atoms with E-state index >= 15 is 0 Å². The van der Waals surface area contributed by atoms with Gasteiger partial charge in [0.15, 0.2) is 0 Å². The number of nitrogens with zero attached hydrogens (tertiary/aromatic N) is 2. The maximum Gasteiger partial charge on any atom is 0.335 e. The van der Waals surface area contributed by atoms with Crippen molar-refractivity contribution in [3.63, 3.8) is 0 Å². The summed E-state index contributed by atoms with van der Waals surface area (Å²) in [4.78, 5) is 15.8. The van der Waals surface area contributed by atoms with Crippen molar-refractivity contribution in [3.05, 3.63) is 52.0 Å². The molecule has 6 nitrogen and oxygen atoms in total. The molecule has 0 aliphatic carbocycles. The lowest BCUT2D eigenvalue weighted by atomic mass is 10.2. The molecule has 0 atom stereocenters. The predicted molar refractivity (Wildman–Crippen MR) is 105 cm³/mol. The van der Waals surface area contributed by atoms with Gasteiger partial charge in [-0.25, -0.2) is 9.78 Å². The van der Waals surface area contributed by atoms with Crippen LogP contribution in [-0.4, -0.2) is 34.2 Å². The van der Waals surface area contributed by atoms with Gasteiger partial charge in [0, 0.05) is 6.54 Å². The second-order valence-electron chi connectivity index (χ2n) is 5.77. The van der Waals surface area contributed by atoms with Gasteiger partial charge in [-0.1, -0.05) is 29.3 Å². The number of nitrogens with one attached hydrogen (secondary N) is 2. The van der Waals surface area contributed by atoms with E-state index in [-0.39, 0.29) is 5.56 Å². The number of aryl methyl sites for hydroxylation is 1. The molecule has 0 aliphatic heterocycles. The lowest BCUT2D eigenvalue weighted by Gasteiger charge is -2.13. The van der Waals surface area contributed by atoms with Crippen LogP contribution in [0.4, 0.5) is 11.6 Å². The highest BCUT2D eigenvalue weighted by Gasteiger charge is 2.15. The van der Waals surface area contributed by atoms with Crippen molar-refractivity contribution < 1.29 is 9.90 Å². The number of hydrogen-bond donors (Lipinski definition) is 3. The van der Waals surface area contributed by atoms with E-state index in [0.29, 0.717) is 33.7 Å². The van der Waals surface area contributed by atoms with Gasteiger partial charge < -0.3 is 20.3 Å². The van der Waals surface area contributed by atoms with Gasteiger partial charge in [-0.3, -0.25) is 0 Å². The molecule has 2 aromatic carbocycles. The summed E-state index contributed by atoms with van der Waals surface area (Å²) in [5.41, 5.74) is 2.20. The van der Waals surface area contributed by atoms with Crippen molar-refractivity contribution in [3.8, 4) is 0 Å². The smallest absolute Gasteiger partial charge is 0.335 e. The summed E-state index contributed by atoms with van der Waals surface area (Å²) in [6, 6.07) is 10.2. The van der Waals surface area contributed by atoms with Crippen LogP contribution in [0, 0.1) is 0 Å². The molecule has 0 amide bonds. The second kappa shape index (κ2) is 7.95. The van der Waals surface area contributed by atoms with Gasteiger partial charge in [0.1, 0.15) is 0 Å². The summed E-state index contributed by atoms with van der Waals surface area (Å²) in [6.45, 7) is 1.55. The molecule has 0 bridgehead atoms. The molecule has 3 rings (SSSR count). The zero-order valence-electron chi connectivity index (χ0n) is 14.1. The number of halogens is 2. The fraction of sp³-hybridized carbons (Fsp3) is 0.222. The lowest BCUT2D eigenvalue weighted by molar-refractivity contribution is 0.0697. The number of fused-ring (bicyclic) bond motifs is 1. The van der Waals surface area contributed by atoms with Crippen LogP contribution >= 0.6 is 23.2 Å². The first kappa shape index (κ1) is 18.5. The molecule has 0 fully saturated rings. The fourth-order valence-corrected chi connectivity index (χ4v) is 3.22. The zero-order chi connectivity index (χ0) is 18.7. The van der Waals surface area contributed by atoms with E-state index in [1.807, 2.05) is 11.6 Å². The molecule has 0 spiro atoms. The zero-order valence-corrected chi connectivity index (χ0v) is 15.6. The summed E-state index contributed by atoms with van der Waals surface area (Å²) in [5, 5.41) is 16.5. The number of para-hydroxylation sites is 1. The molecule has 0 saturated heterocycles. The Hall–Kier alpha value is -2.28. The number of benzene rings is 2. The number of hydrogen-bond acceptors (Lipinski definition) is 4. The highest BCUT2D eigenvalue weighted by atomic mass is 35.5. The Morgan fingerprint density at radius 2 is 1.96 bits per heavy atom. The molecule has 0 aliphatic rings. The summed E-state index contributed by atoms with van der Waals surface area (Å²) in [7, 11) is 1.90. The van der Waals surface area contributed by atoms with E-state index in [2.05, 4.69) is 15.6 Å². The van der Waals surface area contributed by atoms with Crippen molar-refractivity contribution in [1.82, 2.24) is 14.9 Å². The van der Waals surface area contributed by atoms with Crippen LogP contribution in [0.3, 0.4) is 0 Å². The number of rotatable bonds is 7. The van der Waals surface area contributed by atoms with E-state index in [1.54, 1.807) is 36.4 Å². The van der Waals surface area contributed by atoms with Gasteiger partial charge in [-0.15, -0.1) is 0 Å². The quantitative estimate of drug-likeness (QED) is 0.519. The molecule has 0 unspecified atom stereocenters. The van der Waals surface area contributed by atoms with Gasteiger partial charge in [0.25, 0.3) is 0 Å². The van der Waals surface area contributed by atoms with E-state index in [9.17, 15) is 9.90 Å². The van der Waals surface area contributed by atoms with Crippen LogP contribution in [-0.2, 0) is 6.54 Å². The Bertz CT molecular complexity index is 936. The van der Waals surface area contributed by atoms with Crippen molar-refractivity contribution in [2.45, 2.75) is 13.0 Å². The Morgan fingerprint density at radius 1 is 1.23 bits per heavy atom. The van der Waals surface area contributed by atoms with Gasteiger partial charge in [0.2, 0.25) is 5.95 Å². The predicted octanol–water partition coefficient (Wildman–Crippen LogP) is 4.39. The van der Waals surface area contributed by atoms with E-state index in [0.717, 1.165) is 18.5 Å². The minimum absolute atomic E-state index is 0.194. The fourth-order valence-electron chi connectivity index (χ4n) is 2.73. The summed E-state index contributed by atoms with van der Waals surface area (Å²) in [6.07, 6.45) is 0.883. The minimum atomic E-state index is -0.986. The van der Waals surface area contributed by atoms with E-state index in [1.165, 1.54) is 0 Å². The molecule has 3 aromatic rings. The highest BCUT2D eigenvalue weighted by molar-refractivity contribution is 6.39. The average Bonchev–Trinajstić information content (AvgIpc) is 2.95. The van der Waals surface area contributed by atoms with Crippen LogP contribution in [0.2, 0.25) is 10.0 Å². The van der Waals surface area contributed by atoms with Crippen LogP contribution in [0.25, 0.3) is 11.0 Å². The molecule has 136 valence electrons. The molecule has 1 heterocycles. The van der Waals surface area contributed by atoms with Gasteiger partial charge in [-0.05, 0) is 50.3 Å². The highest BCUT2D eigenvalue weighted by Crippen LogP contribution is 2.33. The van der Waals surface area contributed by atoms with Gasteiger partial charge in [-0.2, -0.15) is 0 Å². The van der Waals surface area contributed by atoms with Crippen molar-refractivity contribution in [2.75, 3.05) is 18.9 Å². The molecular formula is C18H18Cl2N4O2. The second-order valence-corrected chi connectivity index (χ2v) is 6.59. The number of carbonyl (C=O) groups is 1. The first-order valence-electron chi connectivity index (χ1n) is 8.10. The number of carboxylic acid groups (broad SMARTS) is 1. The lowest BCUT2D eigenvalue weighted by Crippen LogP contribution is -2.12. The maximum absolute atomic E-state index is 11.2. The van der Waals surface area contributed by atoms with E-state index < -0.39 is 5.97 Å². The van der Waals surface area contributed by atoms with Crippen LogP contribution in [0.5, 0.6) is 0 Å². The average molecular weight is 393 g/mol. The monoisotopic (exact) mass is 392 g/mol. The van der Waals surface area contributed by atoms with Crippen LogP contribution in [0.15, 0.2) is 36.4 Å². The number of imidazole rings is 1. The van der Waals surface area contributed by atoms with Gasteiger partial charge in [0.05, 0.1) is 32.3 Å². The first-order valence-corrected chi connectivity index (χ1v) is 8.86. The Kier molecular flexibility index (Phi) is 5.66. The SMILES string of the molecule is CNCCCn1c(Nc2c(Cl)cccc2Cl)nc2cc(C(=O)O)ccc21. The molecule has 0 saturated carbocycles. The van der Waals surface area contributed by atoms with Crippen LogP contribution < -0.4 is 10.6 Å². The number of anilines is 2. The van der Waals surface area contributed by atoms with Gasteiger partial charge >= 0.3 is 5.97 Å². The number of aromatic carboxylic acids is 1. The number of aromatic nitrogens is 2. The molecule has 1 aromatic heterocycles. The topological polar surface area (TPSA) is 79.2 Å². The number of carboxylic acids is 1. The summed E-state index contributed by atoms with van der Waals surface area (Å²) < 4.78 is 2.00. The summed E-state index contributed by atoms with van der Waals surface area (Å²) in [5.74, 6) is -0.422. The van der Waals surface area contributed by atoms with Crippen molar-refractivity contribution in [1.29, 1.82) is 0 Å². The third-order valence-electron chi connectivity index (χ3n) is 4.00. The third kappa shape index (κ3) is 3.77. The molecule has 8 heteroatoms. The normalized spacial score (nSPS) is 11.0. The molecule has 26 heavy (non-hydrogen) atoms. The first-order chi connectivity index (χ1) is 12.5. The Morgan fingerprint density at radius 3 is 2.62 bits per heavy atom. The van der Waals surface area contributed by atoms with E-state index in [4.69, 9.17) is 23.2 Å². The molecular weight excluding hydrogens is 375 g/mol. The third-order valence-corrected chi connectivity index (χ3v) is 4.63. The van der Waals surface area contributed by atoms with Crippen molar-refractivity contribution >= 4 is 51.8 Å². The Labute approximate surface area is 160 Å². The molecule has 3 N–H and O–H groups in total. The minimum Gasteiger partial charge on any atom is -0.478 e. The summed E-state index contributed by atoms with van der Waals surface area (Å²) >= 11 is 12.5. The Balaban J connectivity index is 2.06. The molecule has 0 radical (unpaired) electrons. The maximum atomic E-state index is 11.2. The largest absolute Gasteiger partial charge is 0.478 e. The standard InChI is InChI=1S/C18H18Cl2N4O2/c1-21-8-3-9-24-15-7-6-11(17(25)26)10-14(15)22-18(24)23-16-12(19)4-2-5-13(16)20/h2,4-7,10,21H,3,8-9H2,1H3,(H,22,23)(H,25,26). The van der Waals surface area contributed by atoms with Crippen molar-refractivity contribution in [2.24, 2.45) is 0 Å².